The molecule has 0 aliphatic carbocycles. The maximum atomic E-state index is 12.3. The highest BCUT2D eigenvalue weighted by atomic mass is 32.1. The highest BCUT2D eigenvalue weighted by Gasteiger charge is 2.15. The van der Waals surface area contributed by atoms with Crippen molar-refractivity contribution in [2.75, 3.05) is 26.0 Å². The highest BCUT2D eigenvalue weighted by Crippen LogP contribution is 2.33. The van der Waals surface area contributed by atoms with Crippen LogP contribution in [0, 0.1) is 13.8 Å². The van der Waals surface area contributed by atoms with Crippen LogP contribution in [0.4, 0.5) is 14.6 Å². The average molecular weight is 300 g/mol. The molecule has 110 valence electrons. The standard InChI is InChI=1S/C13H18F2N4S/c1-7-8(2)20-13-11(7)12(16-3)17-10(18-13)6-19(4)5-9(14)15/h9H,5-6H2,1-4H3,(H,16,17,18). The van der Waals surface area contributed by atoms with E-state index in [1.165, 1.54) is 15.3 Å². The molecule has 20 heavy (non-hydrogen) atoms. The van der Waals surface area contributed by atoms with Crippen molar-refractivity contribution in [3.63, 3.8) is 0 Å². The van der Waals surface area contributed by atoms with E-state index in [-0.39, 0.29) is 6.54 Å². The van der Waals surface area contributed by atoms with E-state index in [0.717, 1.165) is 16.0 Å². The fourth-order valence-electron chi connectivity index (χ4n) is 2.09. The molecule has 0 amide bonds. The fraction of sp³-hybridized carbons (Fsp3) is 0.538. The first-order chi connectivity index (χ1) is 9.42. The molecule has 7 heteroatoms. The lowest BCUT2D eigenvalue weighted by Crippen LogP contribution is -2.25. The number of aryl methyl sites for hydroxylation is 2. The minimum absolute atomic E-state index is 0.279. The Hall–Kier alpha value is -1.34. The number of nitrogens with one attached hydrogen (secondary N) is 1. The zero-order valence-corrected chi connectivity index (χ0v) is 12.8. The first-order valence-corrected chi connectivity index (χ1v) is 7.15. The Morgan fingerprint density at radius 1 is 1.30 bits per heavy atom. The number of hydrogen-bond acceptors (Lipinski definition) is 5. The van der Waals surface area contributed by atoms with Crippen LogP contribution >= 0.6 is 11.3 Å². The van der Waals surface area contributed by atoms with Gasteiger partial charge in [-0.05, 0) is 26.5 Å². The lowest BCUT2D eigenvalue weighted by atomic mass is 10.2. The van der Waals surface area contributed by atoms with Gasteiger partial charge in [0.05, 0.1) is 18.5 Å². The van der Waals surface area contributed by atoms with Crippen LogP contribution in [0.15, 0.2) is 0 Å². The van der Waals surface area contributed by atoms with Gasteiger partial charge in [0.1, 0.15) is 16.5 Å². The molecule has 0 aromatic carbocycles. The van der Waals surface area contributed by atoms with Crippen LogP contribution in [-0.2, 0) is 6.54 Å². The first-order valence-electron chi connectivity index (χ1n) is 6.33. The molecule has 1 N–H and O–H groups in total. The molecule has 2 aromatic heterocycles. The van der Waals surface area contributed by atoms with Crippen molar-refractivity contribution in [1.29, 1.82) is 0 Å². The van der Waals surface area contributed by atoms with E-state index in [9.17, 15) is 8.78 Å². The highest BCUT2D eigenvalue weighted by molar-refractivity contribution is 7.18. The van der Waals surface area contributed by atoms with Gasteiger partial charge in [-0.15, -0.1) is 11.3 Å². The number of alkyl halides is 2. The Bertz CT molecular complexity index is 612. The zero-order valence-electron chi connectivity index (χ0n) is 12.0. The molecule has 0 unspecified atom stereocenters. The third-order valence-electron chi connectivity index (χ3n) is 3.17. The zero-order chi connectivity index (χ0) is 14.9. The summed E-state index contributed by atoms with van der Waals surface area (Å²) >= 11 is 1.61. The van der Waals surface area contributed by atoms with Crippen LogP contribution in [0.3, 0.4) is 0 Å². The second-order valence-corrected chi connectivity index (χ2v) is 5.99. The van der Waals surface area contributed by atoms with Gasteiger partial charge in [-0.3, -0.25) is 4.90 Å². The van der Waals surface area contributed by atoms with Crippen molar-refractivity contribution in [3.05, 3.63) is 16.3 Å². The minimum Gasteiger partial charge on any atom is -0.372 e. The summed E-state index contributed by atoms with van der Waals surface area (Å²) in [4.78, 5) is 12.6. The van der Waals surface area contributed by atoms with Crippen LogP contribution in [-0.4, -0.2) is 41.9 Å². The molecule has 0 aliphatic rings. The van der Waals surface area contributed by atoms with Crippen LogP contribution in [0.1, 0.15) is 16.3 Å². The van der Waals surface area contributed by atoms with Crippen molar-refractivity contribution >= 4 is 27.4 Å². The van der Waals surface area contributed by atoms with Crippen molar-refractivity contribution in [1.82, 2.24) is 14.9 Å². The number of rotatable bonds is 5. The number of halogens is 2. The molecule has 4 nitrogen and oxygen atoms in total. The van der Waals surface area contributed by atoms with Gasteiger partial charge in [0.15, 0.2) is 0 Å². The van der Waals surface area contributed by atoms with Gasteiger partial charge in [-0.1, -0.05) is 0 Å². The third kappa shape index (κ3) is 3.04. The Morgan fingerprint density at radius 2 is 2.00 bits per heavy atom. The largest absolute Gasteiger partial charge is 0.372 e. The van der Waals surface area contributed by atoms with Gasteiger partial charge in [0.25, 0.3) is 6.43 Å². The Kier molecular flexibility index (Phi) is 4.49. The van der Waals surface area contributed by atoms with Crippen LogP contribution < -0.4 is 5.32 Å². The van der Waals surface area contributed by atoms with Crippen molar-refractivity contribution in [3.8, 4) is 0 Å². The van der Waals surface area contributed by atoms with Crippen LogP contribution in [0.25, 0.3) is 10.2 Å². The molecule has 0 fully saturated rings. The molecule has 0 saturated carbocycles. The topological polar surface area (TPSA) is 41.1 Å². The molecule has 0 bridgehead atoms. The van der Waals surface area contributed by atoms with E-state index < -0.39 is 6.43 Å². The molecule has 0 radical (unpaired) electrons. The van der Waals surface area contributed by atoms with Crippen molar-refractivity contribution in [2.24, 2.45) is 0 Å². The second-order valence-electron chi connectivity index (χ2n) is 4.79. The van der Waals surface area contributed by atoms with Crippen molar-refractivity contribution < 1.29 is 8.78 Å². The summed E-state index contributed by atoms with van der Waals surface area (Å²) in [5.41, 5.74) is 1.17. The number of thiophene rings is 1. The van der Waals surface area contributed by atoms with Gasteiger partial charge in [0, 0.05) is 11.9 Å². The van der Waals surface area contributed by atoms with E-state index in [2.05, 4.69) is 15.3 Å². The lowest BCUT2D eigenvalue weighted by molar-refractivity contribution is 0.0966. The van der Waals surface area contributed by atoms with E-state index in [1.54, 1.807) is 25.4 Å². The average Bonchev–Trinajstić information content (AvgIpc) is 2.63. The maximum Gasteiger partial charge on any atom is 0.251 e. The number of hydrogen-bond donors (Lipinski definition) is 1. The number of fused-ring (bicyclic) bond motifs is 1. The molecule has 0 saturated heterocycles. The predicted molar refractivity (Wildman–Crippen MR) is 78.8 cm³/mol. The second kappa shape index (κ2) is 5.97. The minimum atomic E-state index is -2.35. The van der Waals surface area contributed by atoms with Crippen LogP contribution in [0.5, 0.6) is 0 Å². The molecule has 2 aromatic rings. The molecular formula is C13H18F2N4S. The number of anilines is 1. The normalized spacial score (nSPS) is 11.8. The quantitative estimate of drug-likeness (QED) is 0.921. The molecule has 0 spiro atoms. The molecule has 0 atom stereocenters. The summed E-state index contributed by atoms with van der Waals surface area (Å²) in [5.74, 6) is 1.32. The summed E-state index contributed by atoms with van der Waals surface area (Å²) in [6.45, 7) is 4.12. The monoisotopic (exact) mass is 300 g/mol. The van der Waals surface area contributed by atoms with Crippen molar-refractivity contribution in [2.45, 2.75) is 26.8 Å². The molecular weight excluding hydrogens is 282 g/mol. The summed E-state index contributed by atoms with van der Waals surface area (Å²) in [7, 11) is 3.45. The number of aromatic nitrogens is 2. The van der Waals surface area contributed by atoms with E-state index in [4.69, 9.17) is 0 Å². The smallest absolute Gasteiger partial charge is 0.251 e. The van der Waals surface area contributed by atoms with E-state index in [0.29, 0.717) is 12.4 Å². The van der Waals surface area contributed by atoms with E-state index in [1.807, 2.05) is 13.8 Å². The summed E-state index contributed by atoms with van der Waals surface area (Å²) in [6.07, 6.45) is -2.35. The predicted octanol–water partition coefficient (Wildman–Crippen LogP) is 3.05. The van der Waals surface area contributed by atoms with Gasteiger partial charge < -0.3 is 5.32 Å². The summed E-state index contributed by atoms with van der Waals surface area (Å²) < 4.78 is 24.7. The Balaban J connectivity index is 2.36. The van der Waals surface area contributed by atoms with Gasteiger partial charge >= 0.3 is 0 Å². The SMILES string of the molecule is CNc1nc(CN(C)CC(F)F)nc2sc(C)c(C)c12. The summed E-state index contributed by atoms with van der Waals surface area (Å²) in [5, 5.41) is 4.09. The van der Waals surface area contributed by atoms with Gasteiger partial charge in [-0.2, -0.15) is 0 Å². The first kappa shape index (κ1) is 15.1. The van der Waals surface area contributed by atoms with Gasteiger partial charge in [0.2, 0.25) is 0 Å². The molecule has 0 aliphatic heterocycles. The van der Waals surface area contributed by atoms with Crippen LogP contribution in [0.2, 0.25) is 0 Å². The Labute approximate surface area is 120 Å². The fourth-order valence-corrected chi connectivity index (χ4v) is 3.14. The lowest BCUT2D eigenvalue weighted by Gasteiger charge is -2.15. The maximum absolute atomic E-state index is 12.3. The Morgan fingerprint density at radius 3 is 2.60 bits per heavy atom. The number of nitrogens with zero attached hydrogens (tertiary/aromatic N) is 3. The van der Waals surface area contributed by atoms with E-state index >= 15 is 0 Å². The third-order valence-corrected chi connectivity index (χ3v) is 4.27. The summed E-state index contributed by atoms with van der Waals surface area (Å²) in [6, 6.07) is 0. The molecule has 2 rings (SSSR count). The van der Waals surface area contributed by atoms with Gasteiger partial charge in [-0.25, -0.2) is 18.7 Å². The molecule has 2 heterocycles.